The number of piperidine rings is 1. The van der Waals surface area contributed by atoms with Gasteiger partial charge in [0.25, 0.3) is 0 Å². The zero-order chi connectivity index (χ0) is 12.8. The maximum atomic E-state index is 5.80. The number of nitrogens with zero attached hydrogens (tertiary/aromatic N) is 2. The molecule has 0 atom stereocenters. The van der Waals surface area contributed by atoms with Gasteiger partial charge in [-0.15, -0.1) is 11.6 Å². The van der Waals surface area contributed by atoms with Crippen molar-refractivity contribution >= 4 is 11.6 Å². The predicted molar refractivity (Wildman–Crippen MR) is 78.1 cm³/mol. The van der Waals surface area contributed by atoms with E-state index in [1.54, 1.807) is 0 Å². The molecule has 0 bridgehead atoms. The number of rotatable bonds is 5. The fraction of sp³-hybridized carbons (Fsp3) is 0.600. The van der Waals surface area contributed by atoms with E-state index in [0.717, 1.165) is 25.0 Å². The highest BCUT2D eigenvalue weighted by Gasteiger charge is 2.21. The van der Waals surface area contributed by atoms with Gasteiger partial charge in [0.2, 0.25) is 0 Å². The Labute approximate surface area is 116 Å². The second-order valence-corrected chi connectivity index (χ2v) is 5.54. The van der Waals surface area contributed by atoms with E-state index in [1.165, 1.54) is 31.5 Å². The summed E-state index contributed by atoms with van der Waals surface area (Å²) >= 11 is 5.80. The van der Waals surface area contributed by atoms with Crippen LogP contribution < -0.4 is 0 Å². The van der Waals surface area contributed by atoms with Crippen LogP contribution >= 0.6 is 11.6 Å². The Bertz CT molecular complexity index is 334. The molecular formula is C15H23ClN2. The third-order valence-corrected chi connectivity index (χ3v) is 4.04. The fourth-order valence-corrected chi connectivity index (χ4v) is 2.94. The summed E-state index contributed by atoms with van der Waals surface area (Å²) in [5, 5.41) is 0. The largest absolute Gasteiger partial charge is 0.302 e. The highest BCUT2D eigenvalue weighted by Crippen LogP contribution is 2.17. The van der Waals surface area contributed by atoms with Gasteiger partial charge in [-0.3, -0.25) is 4.90 Å². The highest BCUT2D eigenvalue weighted by molar-refractivity contribution is 6.18. The molecule has 0 unspecified atom stereocenters. The molecule has 2 rings (SSSR count). The molecule has 1 aromatic carbocycles. The summed E-state index contributed by atoms with van der Waals surface area (Å²) in [4.78, 5) is 4.97. The summed E-state index contributed by atoms with van der Waals surface area (Å²) in [6.45, 7) is 4.50. The Kier molecular flexibility index (Phi) is 5.48. The predicted octanol–water partition coefficient (Wildman–Crippen LogP) is 2.82. The van der Waals surface area contributed by atoms with Gasteiger partial charge in [-0.2, -0.15) is 0 Å². The molecule has 1 aromatic rings. The van der Waals surface area contributed by atoms with Crippen molar-refractivity contribution in [3.05, 3.63) is 35.9 Å². The van der Waals surface area contributed by atoms with Crippen molar-refractivity contribution in [3.63, 3.8) is 0 Å². The molecular weight excluding hydrogens is 244 g/mol. The minimum Gasteiger partial charge on any atom is -0.302 e. The molecule has 2 nitrogen and oxygen atoms in total. The first-order valence-corrected chi connectivity index (χ1v) is 7.35. The molecule has 0 radical (unpaired) electrons. The number of hydrogen-bond acceptors (Lipinski definition) is 2. The van der Waals surface area contributed by atoms with Gasteiger partial charge in [0, 0.05) is 25.0 Å². The topological polar surface area (TPSA) is 6.48 Å². The van der Waals surface area contributed by atoms with E-state index >= 15 is 0 Å². The Hall–Kier alpha value is -0.570. The molecule has 0 aromatic heterocycles. The molecule has 1 aliphatic rings. The van der Waals surface area contributed by atoms with Crippen LogP contribution in [0.4, 0.5) is 0 Å². The highest BCUT2D eigenvalue weighted by atomic mass is 35.5. The van der Waals surface area contributed by atoms with Crippen LogP contribution in [0.3, 0.4) is 0 Å². The van der Waals surface area contributed by atoms with Crippen molar-refractivity contribution in [2.24, 2.45) is 0 Å². The van der Waals surface area contributed by atoms with Crippen LogP contribution in [0.15, 0.2) is 30.3 Å². The summed E-state index contributed by atoms with van der Waals surface area (Å²) in [5.74, 6) is 0.737. The van der Waals surface area contributed by atoms with Crippen LogP contribution in [-0.2, 0) is 6.54 Å². The van der Waals surface area contributed by atoms with Crippen LogP contribution in [-0.4, -0.2) is 48.4 Å². The molecule has 0 saturated carbocycles. The molecule has 0 spiro atoms. The smallest absolute Gasteiger partial charge is 0.0351 e. The van der Waals surface area contributed by atoms with E-state index in [-0.39, 0.29) is 0 Å². The van der Waals surface area contributed by atoms with E-state index in [9.17, 15) is 0 Å². The summed E-state index contributed by atoms with van der Waals surface area (Å²) in [7, 11) is 2.19. The number of likely N-dealkylation sites (tertiary alicyclic amines) is 1. The summed E-state index contributed by atoms with van der Waals surface area (Å²) in [5.41, 5.74) is 1.42. The van der Waals surface area contributed by atoms with Gasteiger partial charge < -0.3 is 4.90 Å². The summed E-state index contributed by atoms with van der Waals surface area (Å²) < 4.78 is 0. The molecule has 18 heavy (non-hydrogen) atoms. The van der Waals surface area contributed by atoms with E-state index < -0.39 is 0 Å². The van der Waals surface area contributed by atoms with E-state index in [0.29, 0.717) is 0 Å². The van der Waals surface area contributed by atoms with Gasteiger partial charge in [-0.25, -0.2) is 0 Å². The van der Waals surface area contributed by atoms with Crippen LogP contribution in [0, 0.1) is 0 Å². The van der Waals surface area contributed by atoms with Crippen molar-refractivity contribution in [2.75, 3.05) is 32.6 Å². The minimum absolute atomic E-state index is 0.718. The molecule has 1 fully saturated rings. The van der Waals surface area contributed by atoms with E-state index in [2.05, 4.69) is 47.2 Å². The zero-order valence-electron chi connectivity index (χ0n) is 11.2. The standard InChI is InChI=1S/C15H23ClN2/c1-17(12-9-16)15-7-10-18(11-8-15)13-14-5-3-2-4-6-14/h2-6,15H,7-13H2,1H3. The second-order valence-electron chi connectivity index (χ2n) is 5.16. The molecule has 0 aliphatic carbocycles. The average molecular weight is 267 g/mol. The van der Waals surface area contributed by atoms with E-state index in [1.807, 2.05) is 0 Å². The fourth-order valence-electron chi connectivity index (χ4n) is 2.68. The third-order valence-electron chi connectivity index (χ3n) is 3.87. The number of halogens is 1. The van der Waals surface area contributed by atoms with Crippen molar-refractivity contribution < 1.29 is 0 Å². The summed E-state index contributed by atoms with van der Waals surface area (Å²) in [6, 6.07) is 11.5. The second kappa shape index (κ2) is 7.13. The molecule has 1 saturated heterocycles. The Morgan fingerprint density at radius 3 is 2.50 bits per heavy atom. The van der Waals surface area contributed by atoms with Crippen molar-refractivity contribution in [3.8, 4) is 0 Å². The lowest BCUT2D eigenvalue weighted by Crippen LogP contribution is -2.43. The van der Waals surface area contributed by atoms with Gasteiger partial charge in [0.1, 0.15) is 0 Å². The Morgan fingerprint density at radius 2 is 1.89 bits per heavy atom. The van der Waals surface area contributed by atoms with Crippen molar-refractivity contribution in [2.45, 2.75) is 25.4 Å². The SMILES string of the molecule is CN(CCCl)C1CCN(Cc2ccccc2)CC1. The maximum Gasteiger partial charge on any atom is 0.0351 e. The van der Waals surface area contributed by atoms with Crippen molar-refractivity contribution in [1.82, 2.24) is 9.80 Å². The lowest BCUT2D eigenvalue weighted by atomic mass is 10.0. The first-order chi connectivity index (χ1) is 8.79. The monoisotopic (exact) mass is 266 g/mol. The minimum atomic E-state index is 0.718. The van der Waals surface area contributed by atoms with E-state index in [4.69, 9.17) is 11.6 Å². The Morgan fingerprint density at radius 1 is 1.22 bits per heavy atom. The normalized spacial score (nSPS) is 18.4. The molecule has 1 heterocycles. The van der Waals surface area contributed by atoms with Crippen molar-refractivity contribution in [1.29, 1.82) is 0 Å². The van der Waals surface area contributed by atoms with Gasteiger partial charge in [0.05, 0.1) is 0 Å². The zero-order valence-corrected chi connectivity index (χ0v) is 11.9. The first-order valence-electron chi connectivity index (χ1n) is 6.82. The lowest BCUT2D eigenvalue weighted by molar-refractivity contribution is 0.128. The molecule has 3 heteroatoms. The van der Waals surface area contributed by atoms with Gasteiger partial charge in [-0.05, 0) is 38.5 Å². The van der Waals surface area contributed by atoms with Gasteiger partial charge >= 0.3 is 0 Å². The van der Waals surface area contributed by atoms with Gasteiger partial charge in [0.15, 0.2) is 0 Å². The average Bonchev–Trinajstić information content (AvgIpc) is 2.41. The molecule has 1 aliphatic heterocycles. The molecule has 0 N–H and O–H groups in total. The quantitative estimate of drug-likeness (QED) is 0.757. The number of hydrogen-bond donors (Lipinski definition) is 0. The summed E-state index contributed by atoms with van der Waals surface area (Å²) in [6.07, 6.45) is 2.53. The first kappa shape index (κ1) is 13.9. The molecule has 0 amide bonds. The van der Waals surface area contributed by atoms with Crippen LogP contribution in [0.5, 0.6) is 0 Å². The van der Waals surface area contributed by atoms with Crippen LogP contribution in [0.2, 0.25) is 0 Å². The maximum absolute atomic E-state index is 5.80. The molecule has 100 valence electrons. The van der Waals surface area contributed by atoms with Crippen LogP contribution in [0.1, 0.15) is 18.4 Å². The lowest BCUT2D eigenvalue weighted by Gasteiger charge is -2.36. The van der Waals surface area contributed by atoms with Gasteiger partial charge in [-0.1, -0.05) is 30.3 Å². The Balaban J connectivity index is 1.77. The third kappa shape index (κ3) is 3.98. The number of benzene rings is 1. The van der Waals surface area contributed by atoms with Crippen LogP contribution in [0.25, 0.3) is 0 Å². The number of alkyl halides is 1.